The third kappa shape index (κ3) is 4.17. The highest BCUT2D eigenvalue weighted by molar-refractivity contribution is 7.13. The topological polar surface area (TPSA) is 85.1 Å². The number of hydrogen-bond acceptors (Lipinski definition) is 4. The predicted octanol–water partition coefficient (Wildman–Crippen LogP) is 1.14. The average Bonchev–Trinajstić information content (AvgIpc) is 2.89. The molecule has 0 aliphatic rings. The molecule has 20 heavy (non-hydrogen) atoms. The van der Waals surface area contributed by atoms with Gasteiger partial charge in [-0.05, 0) is 5.56 Å². The summed E-state index contributed by atoms with van der Waals surface area (Å²) in [5.41, 5.74) is 6.13. The molecule has 0 atom stereocenters. The molecule has 3 N–H and O–H groups in total. The Labute approximate surface area is 120 Å². The number of amides is 2. The minimum absolute atomic E-state index is 0.0251. The normalized spacial score (nSPS) is 10.2. The van der Waals surface area contributed by atoms with Gasteiger partial charge in [-0.15, -0.1) is 11.3 Å². The standard InChI is InChI=1S/C14H15N3O2S/c15-14(19)11-9-17-13(20-11)6-7-16-12(18)8-10-4-2-1-3-5-10/h1-5,9H,6-8H2,(H2,15,19)(H,16,18). The summed E-state index contributed by atoms with van der Waals surface area (Å²) in [6.45, 7) is 0.497. The van der Waals surface area contributed by atoms with E-state index >= 15 is 0 Å². The summed E-state index contributed by atoms with van der Waals surface area (Å²) < 4.78 is 0. The number of carbonyl (C=O) groups is 2. The third-order valence-corrected chi connectivity index (χ3v) is 3.74. The summed E-state index contributed by atoms with van der Waals surface area (Å²) in [7, 11) is 0. The van der Waals surface area contributed by atoms with Crippen molar-refractivity contribution in [2.75, 3.05) is 6.54 Å². The predicted molar refractivity (Wildman–Crippen MR) is 77.5 cm³/mol. The molecule has 104 valence electrons. The van der Waals surface area contributed by atoms with Gasteiger partial charge in [0.2, 0.25) is 5.91 Å². The zero-order chi connectivity index (χ0) is 14.4. The second-order valence-corrected chi connectivity index (χ2v) is 5.36. The molecule has 2 aromatic rings. The van der Waals surface area contributed by atoms with Crippen LogP contribution in [0.25, 0.3) is 0 Å². The van der Waals surface area contributed by atoms with Crippen LogP contribution in [0.5, 0.6) is 0 Å². The molecule has 0 aliphatic carbocycles. The summed E-state index contributed by atoms with van der Waals surface area (Å²) in [5, 5.41) is 3.62. The number of benzene rings is 1. The second kappa shape index (κ2) is 6.81. The molecule has 2 amide bonds. The summed E-state index contributed by atoms with van der Waals surface area (Å²) in [4.78, 5) is 27.2. The highest BCUT2D eigenvalue weighted by Gasteiger charge is 2.07. The number of carbonyl (C=O) groups excluding carboxylic acids is 2. The first-order chi connectivity index (χ1) is 9.65. The monoisotopic (exact) mass is 289 g/mol. The van der Waals surface area contributed by atoms with Crippen LogP contribution in [0.1, 0.15) is 20.2 Å². The van der Waals surface area contributed by atoms with Gasteiger partial charge < -0.3 is 11.1 Å². The van der Waals surface area contributed by atoms with Crippen LogP contribution >= 0.6 is 11.3 Å². The quantitative estimate of drug-likeness (QED) is 0.836. The van der Waals surface area contributed by atoms with Gasteiger partial charge in [0.05, 0.1) is 17.6 Å². The van der Waals surface area contributed by atoms with Crippen LogP contribution in [0.15, 0.2) is 36.5 Å². The fourth-order valence-electron chi connectivity index (χ4n) is 1.69. The molecule has 1 aromatic heterocycles. The zero-order valence-corrected chi connectivity index (χ0v) is 11.7. The number of nitrogens with zero attached hydrogens (tertiary/aromatic N) is 1. The lowest BCUT2D eigenvalue weighted by atomic mass is 10.1. The van der Waals surface area contributed by atoms with Gasteiger partial charge in [0.25, 0.3) is 5.91 Å². The number of rotatable bonds is 6. The summed E-state index contributed by atoms with van der Waals surface area (Å²) in [5.74, 6) is -0.496. The molecular weight excluding hydrogens is 274 g/mol. The van der Waals surface area contributed by atoms with Gasteiger partial charge in [0, 0.05) is 13.0 Å². The summed E-state index contributed by atoms with van der Waals surface area (Å²) in [6.07, 6.45) is 2.43. The van der Waals surface area contributed by atoms with Crippen molar-refractivity contribution in [1.82, 2.24) is 10.3 Å². The van der Waals surface area contributed by atoms with E-state index in [0.717, 1.165) is 10.6 Å². The molecule has 0 saturated carbocycles. The Morgan fingerprint density at radius 2 is 2.00 bits per heavy atom. The first-order valence-corrected chi connectivity index (χ1v) is 7.02. The van der Waals surface area contributed by atoms with E-state index in [1.54, 1.807) is 0 Å². The Kier molecular flexibility index (Phi) is 4.84. The average molecular weight is 289 g/mol. The number of primary amides is 1. The zero-order valence-electron chi connectivity index (χ0n) is 10.8. The van der Waals surface area contributed by atoms with Gasteiger partial charge >= 0.3 is 0 Å². The minimum atomic E-state index is -0.470. The highest BCUT2D eigenvalue weighted by Crippen LogP contribution is 2.12. The van der Waals surface area contributed by atoms with Crippen LogP contribution in [0.3, 0.4) is 0 Å². The van der Waals surface area contributed by atoms with Gasteiger partial charge in [-0.1, -0.05) is 30.3 Å². The van der Waals surface area contributed by atoms with E-state index in [0.29, 0.717) is 24.3 Å². The fraction of sp³-hybridized carbons (Fsp3) is 0.214. The molecule has 0 aliphatic heterocycles. The molecule has 2 rings (SSSR count). The van der Waals surface area contributed by atoms with Crippen molar-refractivity contribution in [3.8, 4) is 0 Å². The van der Waals surface area contributed by atoms with Gasteiger partial charge in [-0.3, -0.25) is 9.59 Å². The molecule has 1 heterocycles. The molecule has 0 unspecified atom stereocenters. The summed E-state index contributed by atoms with van der Waals surface area (Å²) in [6, 6.07) is 9.56. The van der Waals surface area contributed by atoms with Crippen molar-refractivity contribution >= 4 is 23.2 Å². The minimum Gasteiger partial charge on any atom is -0.365 e. The number of nitrogens with two attached hydrogens (primary N) is 1. The first-order valence-electron chi connectivity index (χ1n) is 6.20. The molecule has 0 saturated heterocycles. The lowest BCUT2D eigenvalue weighted by Gasteiger charge is -2.03. The first kappa shape index (κ1) is 14.2. The van der Waals surface area contributed by atoms with Crippen molar-refractivity contribution in [3.63, 3.8) is 0 Å². The smallest absolute Gasteiger partial charge is 0.260 e. The number of thiazole rings is 1. The van der Waals surface area contributed by atoms with Gasteiger partial charge in [-0.2, -0.15) is 0 Å². The van der Waals surface area contributed by atoms with Gasteiger partial charge in [0.1, 0.15) is 4.88 Å². The lowest BCUT2D eigenvalue weighted by Crippen LogP contribution is -2.27. The van der Waals surface area contributed by atoms with E-state index in [1.807, 2.05) is 30.3 Å². The molecule has 0 fully saturated rings. The van der Waals surface area contributed by atoms with Gasteiger partial charge in [-0.25, -0.2) is 4.98 Å². The Morgan fingerprint density at radius 3 is 2.65 bits per heavy atom. The highest BCUT2D eigenvalue weighted by atomic mass is 32.1. The van der Waals surface area contributed by atoms with Crippen LogP contribution in [0.4, 0.5) is 0 Å². The SMILES string of the molecule is NC(=O)c1cnc(CCNC(=O)Cc2ccccc2)s1. The number of hydrogen-bond donors (Lipinski definition) is 2. The van der Waals surface area contributed by atoms with Gasteiger partial charge in [0.15, 0.2) is 0 Å². The number of aromatic nitrogens is 1. The lowest BCUT2D eigenvalue weighted by molar-refractivity contribution is -0.120. The van der Waals surface area contributed by atoms with E-state index < -0.39 is 5.91 Å². The molecule has 6 heteroatoms. The van der Waals surface area contributed by atoms with E-state index in [1.165, 1.54) is 17.5 Å². The Morgan fingerprint density at radius 1 is 1.25 bits per heavy atom. The fourth-order valence-corrected chi connectivity index (χ4v) is 2.46. The molecule has 0 bridgehead atoms. The van der Waals surface area contributed by atoms with Crippen molar-refractivity contribution in [3.05, 3.63) is 52.0 Å². The summed E-state index contributed by atoms with van der Waals surface area (Å²) >= 11 is 1.26. The molecule has 5 nitrogen and oxygen atoms in total. The Hall–Kier alpha value is -2.21. The van der Waals surface area contributed by atoms with Crippen molar-refractivity contribution in [2.45, 2.75) is 12.8 Å². The van der Waals surface area contributed by atoms with E-state index in [2.05, 4.69) is 10.3 Å². The number of nitrogens with one attached hydrogen (secondary N) is 1. The van der Waals surface area contributed by atoms with Crippen molar-refractivity contribution in [1.29, 1.82) is 0 Å². The molecule has 0 radical (unpaired) electrons. The molecule has 1 aromatic carbocycles. The Bertz CT molecular complexity index is 595. The van der Waals surface area contributed by atoms with Crippen molar-refractivity contribution in [2.24, 2.45) is 5.73 Å². The van der Waals surface area contributed by atoms with E-state index in [4.69, 9.17) is 5.73 Å². The van der Waals surface area contributed by atoms with Crippen LogP contribution in [-0.2, 0) is 17.6 Å². The largest absolute Gasteiger partial charge is 0.365 e. The van der Waals surface area contributed by atoms with Crippen LogP contribution in [0.2, 0.25) is 0 Å². The van der Waals surface area contributed by atoms with E-state index in [9.17, 15) is 9.59 Å². The van der Waals surface area contributed by atoms with Crippen molar-refractivity contribution < 1.29 is 9.59 Å². The maximum Gasteiger partial charge on any atom is 0.260 e. The maximum atomic E-state index is 11.7. The third-order valence-electron chi connectivity index (χ3n) is 2.66. The maximum absolute atomic E-state index is 11.7. The molecule has 0 spiro atoms. The van der Waals surface area contributed by atoms with Crippen LogP contribution in [-0.4, -0.2) is 23.3 Å². The Balaban J connectivity index is 1.75. The van der Waals surface area contributed by atoms with Crippen LogP contribution in [0, 0.1) is 0 Å². The second-order valence-electron chi connectivity index (χ2n) is 4.24. The van der Waals surface area contributed by atoms with Crippen LogP contribution < -0.4 is 11.1 Å². The van der Waals surface area contributed by atoms with E-state index in [-0.39, 0.29) is 5.91 Å². The molecular formula is C14H15N3O2S.